The van der Waals surface area contributed by atoms with Gasteiger partial charge in [-0.2, -0.15) is 0 Å². The molecule has 0 radical (unpaired) electrons. The van der Waals surface area contributed by atoms with Crippen LogP contribution in [0.2, 0.25) is 15.1 Å². The van der Waals surface area contributed by atoms with E-state index in [1.54, 1.807) is 24.3 Å². The van der Waals surface area contributed by atoms with E-state index in [-0.39, 0.29) is 12.5 Å². The molecule has 0 aromatic heterocycles. The lowest BCUT2D eigenvalue weighted by Crippen LogP contribution is -2.20. The van der Waals surface area contributed by atoms with Crippen molar-refractivity contribution in [3.05, 3.63) is 80.8 Å². The first-order valence-corrected chi connectivity index (χ1v) is 11.1. The van der Waals surface area contributed by atoms with Crippen molar-refractivity contribution in [3.63, 3.8) is 0 Å². The summed E-state index contributed by atoms with van der Waals surface area (Å²) in [6.45, 7) is 4.49. The third-order valence-electron chi connectivity index (χ3n) is 4.43. The van der Waals surface area contributed by atoms with Crippen molar-refractivity contribution < 1.29 is 14.3 Å². The Labute approximate surface area is 202 Å². The van der Waals surface area contributed by atoms with Crippen LogP contribution in [0.5, 0.6) is 11.5 Å². The van der Waals surface area contributed by atoms with Crippen LogP contribution in [0.1, 0.15) is 18.1 Å². The molecule has 0 spiro atoms. The number of ether oxygens (including phenoxy) is 2. The Bertz CT molecular complexity index is 1110. The molecule has 3 aromatic rings. The summed E-state index contributed by atoms with van der Waals surface area (Å²) < 4.78 is 11.4. The summed E-state index contributed by atoms with van der Waals surface area (Å²) in [5, 5.41) is 7.48. The number of rotatable bonds is 9. The molecular formula is C24H23Cl3N2O3. The quantitative estimate of drug-likeness (QED) is 0.337. The van der Waals surface area contributed by atoms with E-state index < -0.39 is 0 Å². The molecule has 3 rings (SSSR count). The van der Waals surface area contributed by atoms with E-state index in [2.05, 4.69) is 10.6 Å². The lowest BCUT2D eigenvalue weighted by atomic mass is 10.2. The minimum Gasteiger partial charge on any atom is -0.490 e. The second-order valence-electron chi connectivity index (χ2n) is 7.02. The summed E-state index contributed by atoms with van der Waals surface area (Å²) in [7, 11) is 0. The molecule has 0 fully saturated rings. The van der Waals surface area contributed by atoms with Crippen molar-refractivity contribution in [2.75, 3.05) is 23.8 Å². The molecule has 8 heteroatoms. The lowest BCUT2D eigenvalue weighted by molar-refractivity contribution is -0.118. The number of anilines is 2. The van der Waals surface area contributed by atoms with Gasteiger partial charge in [-0.15, -0.1) is 0 Å². The summed E-state index contributed by atoms with van der Waals surface area (Å²) >= 11 is 18.6. The predicted octanol–water partition coefficient (Wildman–Crippen LogP) is 6.98. The van der Waals surface area contributed by atoms with E-state index in [0.717, 1.165) is 16.8 Å². The number of carbonyl (C=O) groups is 1. The maximum Gasteiger partial charge on any atom is 0.262 e. The number of halogens is 3. The largest absolute Gasteiger partial charge is 0.490 e. The molecule has 5 nitrogen and oxygen atoms in total. The van der Waals surface area contributed by atoms with Gasteiger partial charge in [-0.1, -0.05) is 46.9 Å². The fraction of sp³-hybridized carbons (Fsp3) is 0.208. The number of amides is 1. The monoisotopic (exact) mass is 492 g/mol. The number of benzene rings is 3. The highest BCUT2D eigenvalue weighted by Gasteiger charge is 2.15. The Hall–Kier alpha value is -2.60. The standard InChI is InChI=1S/C24H23Cl3N2O3/c1-3-31-22-11-16(13-28-21-8-7-17(25)12-19(21)26)10-20(27)24(22)32-14-23(30)29-18-6-4-5-15(2)9-18/h4-12,28H,3,13-14H2,1-2H3,(H,29,30). The van der Waals surface area contributed by atoms with Crippen LogP contribution in [0.4, 0.5) is 11.4 Å². The Morgan fingerprint density at radius 1 is 0.969 bits per heavy atom. The van der Waals surface area contributed by atoms with Gasteiger partial charge in [0.2, 0.25) is 0 Å². The molecule has 0 atom stereocenters. The SMILES string of the molecule is CCOc1cc(CNc2ccc(Cl)cc2Cl)cc(Cl)c1OCC(=O)Nc1cccc(C)c1. The Morgan fingerprint density at radius 3 is 2.50 bits per heavy atom. The average molecular weight is 494 g/mol. The highest BCUT2D eigenvalue weighted by Crippen LogP contribution is 2.37. The van der Waals surface area contributed by atoms with Gasteiger partial charge in [0.25, 0.3) is 5.91 Å². The molecule has 32 heavy (non-hydrogen) atoms. The van der Waals surface area contributed by atoms with Crippen molar-refractivity contribution in [3.8, 4) is 11.5 Å². The van der Waals surface area contributed by atoms with Crippen molar-refractivity contribution in [2.24, 2.45) is 0 Å². The molecule has 168 valence electrons. The second-order valence-corrected chi connectivity index (χ2v) is 8.27. The zero-order chi connectivity index (χ0) is 23.1. The van der Waals surface area contributed by atoms with Crippen LogP contribution in [-0.4, -0.2) is 19.1 Å². The van der Waals surface area contributed by atoms with Crippen LogP contribution < -0.4 is 20.1 Å². The first-order valence-electron chi connectivity index (χ1n) is 9.99. The van der Waals surface area contributed by atoms with Crippen LogP contribution in [0.15, 0.2) is 54.6 Å². The van der Waals surface area contributed by atoms with Gasteiger partial charge in [0.1, 0.15) is 0 Å². The van der Waals surface area contributed by atoms with Gasteiger partial charge >= 0.3 is 0 Å². The van der Waals surface area contributed by atoms with Gasteiger partial charge in [-0.05, 0) is 67.4 Å². The third kappa shape index (κ3) is 6.70. The summed E-state index contributed by atoms with van der Waals surface area (Å²) in [5.74, 6) is 0.487. The summed E-state index contributed by atoms with van der Waals surface area (Å²) in [6, 6.07) is 16.3. The van der Waals surface area contributed by atoms with E-state index in [1.165, 1.54) is 0 Å². The van der Waals surface area contributed by atoms with Gasteiger partial charge in [-0.25, -0.2) is 0 Å². The molecule has 0 unspecified atom stereocenters. The molecule has 2 N–H and O–H groups in total. The highest BCUT2D eigenvalue weighted by atomic mass is 35.5. The van der Waals surface area contributed by atoms with E-state index >= 15 is 0 Å². The average Bonchev–Trinajstić information content (AvgIpc) is 2.73. The second kappa shape index (κ2) is 11.3. The van der Waals surface area contributed by atoms with Crippen molar-refractivity contribution in [2.45, 2.75) is 20.4 Å². The van der Waals surface area contributed by atoms with Crippen LogP contribution in [-0.2, 0) is 11.3 Å². The zero-order valence-corrected chi connectivity index (χ0v) is 19.9. The molecule has 0 aliphatic rings. The van der Waals surface area contributed by atoms with Gasteiger partial charge in [0.15, 0.2) is 18.1 Å². The topological polar surface area (TPSA) is 59.6 Å². The zero-order valence-electron chi connectivity index (χ0n) is 17.7. The molecule has 3 aromatic carbocycles. The molecule has 0 aliphatic heterocycles. The first-order chi connectivity index (χ1) is 15.4. The molecule has 0 bridgehead atoms. The fourth-order valence-electron chi connectivity index (χ4n) is 3.01. The van der Waals surface area contributed by atoms with E-state index in [1.807, 2.05) is 44.2 Å². The number of carbonyl (C=O) groups excluding carboxylic acids is 1. The predicted molar refractivity (Wildman–Crippen MR) is 132 cm³/mol. The van der Waals surface area contributed by atoms with E-state index in [0.29, 0.717) is 45.4 Å². The molecule has 0 saturated carbocycles. The van der Waals surface area contributed by atoms with Crippen LogP contribution in [0.25, 0.3) is 0 Å². The molecule has 1 amide bonds. The van der Waals surface area contributed by atoms with Crippen molar-refractivity contribution in [1.82, 2.24) is 0 Å². The molecule has 0 aliphatic carbocycles. The minimum absolute atomic E-state index is 0.203. The minimum atomic E-state index is -0.294. The Balaban J connectivity index is 1.68. The lowest BCUT2D eigenvalue weighted by Gasteiger charge is -2.16. The Kier molecular flexibility index (Phi) is 8.51. The molecular weight excluding hydrogens is 471 g/mol. The van der Waals surface area contributed by atoms with Crippen LogP contribution >= 0.6 is 34.8 Å². The number of nitrogens with one attached hydrogen (secondary N) is 2. The van der Waals surface area contributed by atoms with E-state index in [9.17, 15) is 4.79 Å². The third-order valence-corrected chi connectivity index (χ3v) is 5.26. The summed E-state index contributed by atoms with van der Waals surface area (Å²) in [5.41, 5.74) is 3.37. The maximum atomic E-state index is 12.3. The number of hydrogen-bond acceptors (Lipinski definition) is 4. The van der Waals surface area contributed by atoms with Crippen LogP contribution in [0.3, 0.4) is 0 Å². The Morgan fingerprint density at radius 2 is 1.78 bits per heavy atom. The number of hydrogen-bond donors (Lipinski definition) is 2. The smallest absolute Gasteiger partial charge is 0.262 e. The normalized spacial score (nSPS) is 10.5. The summed E-state index contributed by atoms with van der Waals surface area (Å²) in [6.07, 6.45) is 0. The number of aryl methyl sites for hydroxylation is 1. The van der Waals surface area contributed by atoms with Gasteiger partial charge in [0.05, 0.1) is 22.3 Å². The van der Waals surface area contributed by atoms with Gasteiger partial charge in [-0.3, -0.25) is 4.79 Å². The van der Waals surface area contributed by atoms with Crippen LogP contribution in [0, 0.1) is 6.92 Å². The highest BCUT2D eigenvalue weighted by molar-refractivity contribution is 6.36. The molecule has 0 heterocycles. The fourth-order valence-corrected chi connectivity index (χ4v) is 3.78. The first kappa shape index (κ1) is 24.1. The van der Waals surface area contributed by atoms with Gasteiger partial charge in [0, 0.05) is 17.3 Å². The summed E-state index contributed by atoms with van der Waals surface area (Å²) in [4.78, 5) is 12.3. The molecule has 0 saturated heterocycles. The van der Waals surface area contributed by atoms with E-state index in [4.69, 9.17) is 44.3 Å². The van der Waals surface area contributed by atoms with Gasteiger partial charge < -0.3 is 20.1 Å². The maximum absolute atomic E-state index is 12.3. The van der Waals surface area contributed by atoms with Crippen molar-refractivity contribution >= 4 is 52.1 Å². The van der Waals surface area contributed by atoms with Crippen molar-refractivity contribution in [1.29, 1.82) is 0 Å².